The first-order valence-electron chi connectivity index (χ1n) is 14.6. The number of amides is 1. The Morgan fingerprint density at radius 1 is 1.17 bits per heavy atom. The molecule has 1 aliphatic carbocycles. The Kier molecular flexibility index (Phi) is 7.76. The molecule has 2 aromatic heterocycles. The van der Waals surface area contributed by atoms with Crippen molar-refractivity contribution in [2.24, 2.45) is 0 Å². The predicted molar refractivity (Wildman–Crippen MR) is 154 cm³/mol. The number of fused-ring (bicyclic) bond motifs is 1. The summed E-state index contributed by atoms with van der Waals surface area (Å²) >= 11 is 0. The molecule has 2 fully saturated rings. The number of hydrogen-bond donors (Lipinski definition) is 2. The highest BCUT2D eigenvalue weighted by Crippen LogP contribution is 2.40. The molecule has 1 aromatic carbocycles. The Morgan fingerprint density at radius 3 is 2.76 bits per heavy atom. The molecule has 4 heterocycles. The van der Waals surface area contributed by atoms with Gasteiger partial charge in [-0.25, -0.2) is 4.98 Å². The van der Waals surface area contributed by atoms with Crippen LogP contribution in [0, 0.1) is 0 Å². The van der Waals surface area contributed by atoms with Crippen LogP contribution in [0.5, 0.6) is 5.75 Å². The van der Waals surface area contributed by atoms with E-state index in [1.807, 2.05) is 18.2 Å². The van der Waals surface area contributed by atoms with Crippen LogP contribution >= 0.6 is 0 Å². The minimum Gasteiger partial charge on any atom is -0.495 e. The summed E-state index contributed by atoms with van der Waals surface area (Å²) in [6.45, 7) is 3.61. The maximum atomic E-state index is 13.2. The molecule has 41 heavy (non-hydrogen) atoms. The van der Waals surface area contributed by atoms with Gasteiger partial charge < -0.3 is 29.5 Å². The maximum absolute atomic E-state index is 13.2. The molecule has 2 aliphatic heterocycles. The minimum atomic E-state index is -0.230. The quantitative estimate of drug-likeness (QED) is 0.395. The van der Waals surface area contributed by atoms with Crippen LogP contribution < -0.4 is 19.9 Å². The summed E-state index contributed by atoms with van der Waals surface area (Å²) in [5, 5.41) is 17.1. The summed E-state index contributed by atoms with van der Waals surface area (Å²) in [5.41, 5.74) is 2.18. The third kappa shape index (κ3) is 5.21. The normalized spacial score (nSPS) is 21.5. The molecule has 0 radical (unpaired) electrons. The van der Waals surface area contributed by atoms with E-state index in [1.165, 1.54) is 12.8 Å². The van der Waals surface area contributed by atoms with Gasteiger partial charge in [0.05, 0.1) is 32.1 Å². The van der Waals surface area contributed by atoms with Crippen LogP contribution in [0.4, 0.5) is 23.1 Å². The summed E-state index contributed by atoms with van der Waals surface area (Å²) in [5.74, 6) is 2.89. The van der Waals surface area contributed by atoms with Crippen LogP contribution in [0.15, 0.2) is 28.9 Å². The third-order valence-corrected chi connectivity index (χ3v) is 8.63. The molecule has 2 atom stereocenters. The Hall–Kier alpha value is -3.77. The fraction of sp³-hybridized carbons (Fsp3) is 0.552. The molecular weight excluding hydrogens is 524 g/mol. The zero-order chi connectivity index (χ0) is 28.5. The lowest BCUT2D eigenvalue weighted by atomic mass is 10.0. The van der Waals surface area contributed by atoms with Crippen molar-refractivity contribution in [2.75, 3.05) is 42.4 Å². The number of ether oxygens (including phenoxy) is 1. The first kappa shape index (κ1) is 27.4. The van der Waals surface area contributed by atoms with Gasteiger partial charge in [0.15, 0.2) is 5.82 Å². The van der Waals surface area contributed by atoms with Crippen LogP contribution in [0.25, 0.3) is 11.4 Å². The van der Waals surface area contributed by atoms with Gasteiger partial charge in [-0.3, -0.25) is 9.69 Å². The number of carbonyl (C=O) groups excluding carboxylic acids is 1. The fourth-order valence-electron chi connectivity index (χ4n) is 6.42. The highest BCUT2D eigenvalue weighted by atomic mass is 16.5. The van der Waals surface area contributed by atoms with E-state index in [0.717, 1.165) is 55.7 Å². The average molecular weight is 563 g/mol. The summed E-state index contributed by atoms with van der Waals surface area (Å²) in [6.07, 6.45) is 8.93. The molecule has 0 spiro atoms. The van der Waals surface area contributed by atoms with Gasteiger partial charge in [0.25, 0.3) is 0 Å². The van der Waals surface area contributed by atoms with Gasteiger partial charge >= 0.3 is 0 Å². The molecule has 12 heteroatoms. The minimum absolute atomic E-state index is 0.0896. The molecule has 1 saturated carbocycles. The van der Waals surface area contributed by atoms with Gasteiger partial charge in [-0.1, -0.05) is 24.9 Å². The third-order valence-electron chi connectivity index (χ3n) is 8.63. The van der Waals surface area contributed by atoms with Crippen molar-refractivity contribution in [3.8, 4) is 17.1 Å². The second-order valence-electron chi connectivity index (χ2n) is 11.1. The molecule has 2 N–H and O–H groups in total. The summed E-state index contributed by atoms with van der Waals surface area (Å²) in [7, 11) is 3.41. The molecular formula is C29H38N8O4. The van der Waals surface area contributed by atoms with E-state index in [1.54, 1.807) is 25.3 Å². The second kappa shape index (κ2) is 11.6. The number of nitrogens with zero attached hydrogens (tertiary/aromatic N) is 7. The standard InChI is InChI=1S/C29H38N8O4/c1-4-22-28(39)35(2)23-15-30-29(33-27(23)37(22)19-8-5-6-9-19)31-21-12-11-18(14-24(21)40-3)26-32-25(41-34-26)16-36-13-7-10-20(36)17-38/h11-12,14-15,19-20,22,38H,4-10,13,16-17H2,1-3H3,(H,30,31,33)/t20-,22+/m0/s1. The Balaban J connectivity index is 1.24. The van der Waals surface area contributed by atoms with E-state index >= 15 is 0 Å². The first-order valence-corrected chi connectivity index (χ1v) is 14.6. The van der Waals surface area contributed by atoms with Crippen molar-refractivity contribution in [1.82, 2.24) is 25.0 Å². The number of likely N-dealkylation sites (N-methyl/N-ethyl adjacent to an activating group) is 1. The lowest BCUT2D eigenvalue weighted by Gasteiger charge is -2.43. The van der Waals surface area contributed by atoms with E-state index in [4.69, 9.17) is 14.2 Å². The molecule has 6 rings (SSSR count). The number of benzene rings is 1. The number of hydrogen-bond acceptors (Lipinski definition) is 11. The maximum Gasteiger partial charge on any atom is 0.249 e. The zero-order valence-corrected chi connectivity index (χ0v) is 23.9. The summed E-state index contributed by atoms with van der Waals surface area (Å²) < 4.78 is 11.2. The topological polar surface area (TPSA) is 133 Å². The van der Waals surface area contributed by atoms with E-state index < -0.39 is 0 Å². The Labute approximate surface area is 239 Å². The number of likely N-dealkylation sites (tertiary alicyclic amines) is 1. The van der Waals surface area contributed by atoms with Gasteiger partial charge in [-0.15, -0.1) is 0 Å². The van der Waals surface area contributed by atoms with E-state index in [0.29, 0.717) is 41.7 Å². The Morgan fingerprint density at radius 2 is 2.00 bits per heavy atom. The number of anilines is 4. The Bertz CT molecular complexity index is 1390. The van der Waals surface area contributed by atoms with Crippen molar-refractivity contribution in [1.29, 1.82) is 0 Å². The van der Waals surface area contributed by atoms with Gasteiger partial charge in [-0.05, 0) is 56.8 Å². The van der Waals surface area contributed by atoms with Gasteiger partial charge in [0, 0.05) is 24.7 Å². The van der Waals surface area contributed by atoms with Gasteiger partial charge in [-0.2, -0.15) is 9.97 Å². The van der Waals surface area contributed by atoms with Crippen molar-refractivity contribution >= 4 is 29.0 Å². The number of rotatable bonds is 9. The van der Waals surface area contributed by atoms with Crippen molar-refractivity contribution in [2.45, 2.75) is 76.5 Å². The van der Waals surface area contributed by atoms with E-state index in [-0.39, 0.29) is 24.6 Å². The van der Waals surface area contributed by atoms with Gasteiger partial charge in [0.2, 0.25) is 23.6 Å². The lowest BCUT2D eigenvalue weighted by molar-refractivity contribution is -0.120. The summed E-state index contributed by atoms with van der Waals surface area (Å²) in [4.78, 5) is 33.3. The predicted octanol–water partition coefficient (Wildman–Crippen LogP) is 3.74. The van der Waals surface area contributed by atoms with Crippen molar-refractivity contribution in [3.05, 3.63) is 30.3 Å². The monoisotopic (exact) mass is 562 g/mol. The van der Waals surface area contributed by atoms with Crippen molar-refractivity contribution in [3.63, 3.8) is 0 Å². The molecule has 1 amide bonds. The molecule has 3 aliphatic rings. The number of methoxy groups -OCH3 is 1. The van der Waals surface area contributed by atoms with Crippen LogP contribution in [0.2, 0.25) is 0 Å². The SMILES string of the molecule is CC[C@@H]1C(=O)N(C)c2cnc(Nc3ccc(-c4noc(CN5CCC[C@H]5CO)n4)cc3OC)nc2N1C1CCCC1. The van der Waals surface area contributed by atoms with Crippen LogP contribution in [-0.4, -0.2) is 81.5 Å². The molecule has 12 nitrogen and oxygen atoms in total. The molecule has 1 saturated heterocycles. The number of carbonyl (C=O) groups is 1. The van der Waals surface area contributed by atoms with E-state index in [9.17, 15) is 9.90 Å². The number of aromatic nitrogens is 4. The molecule has 0 bridgehead atoms. The highest BCUT2D eigenvalue weighted by molar-refractivity contribution is 6.04. The average Bonchev–Trinajstić information content (AvgIpc) is 3.78. The lowest BCUT2D eigenvalue weighted by Crippen LogP contribution is -2.55. The first-order chi connectivity index (χ1) is 20.0. The number of aliphatic hydroxyl groups is 1. The number of aliphatic hydroxyl groups excluding tert-OH is 1. The smallest absolute Gasteiger partial charge is 0.249 e. The molecule has 3 aromatic rings. The highest BCUT2D eigenvalue weighted by Gasteiger charge is 2.41. The van der Waals surface area contributed by atoms with Crippen LogP contribution in [0.3, 0.4) is 0 Å². The van der Waals surface area contributed by atoms with Crippen molar-refractivity contribution < 1.29 is 19.2 Å². The second-order valence-corrected chi connectivity index (χ2v) is 11.1. The largest absolute Gasteiger partial charge is 0.495 e. The van der Waals surface area contributed by atoms with Crippen LogP contribution in [0.1, 0.15) is 57.8 Å². The zero-order valence-electron chi connectivity index (χ0n) is 23.9. The fourth-order valence-corrected chi connectivity index (χ4v) is 6.42. The number of nitrogens with one attached hydrogen (secondary N) is 1. The molecule has 218 valence electrons. The summed E-state index contributed by atoms with van der Waals surface area (Å²) in [6, 6.07) is 5.84. The van der Waals surface area contributed by atoms with Gasteiger partial charge in [0.1, 0.15) is 17.5 Å². The van der Waals surface area contributed by atoms with Crippen LogP contribution in [-0.2, 0) is 11.3 Å². The van der Waals surface area contributed by atoms with E-state index in [2.05, 4.69) is 37.2 Å². The molecule has 0 unspecified atom stereocenters.